The van der Waals surface area contributed by atoms with Crippen molar-refractivity contribution in [3.05, 3.63) is 39.4 Å². The third kappa shape index (κ3) is 3.34. The molecule has 0 saturated heterocycles. The summed E-state index contributed by atoms with van der Waals surface area (Å²) >= 11 is 4.67. The van der Waals surface area contributed by atoms with Crippen LogP contribution in [-0.4, -0.2) is 27.3 Å². The molecule has 1 amide bonds. The van der Waals surface area contributed by atoms with E-state index in [1.807, 2.05) is 0 Å². The van der Waals surface area contributed by atoms with Gasteiger partial charge in [-0.05, 0) is 18.3 Å². The van der Waals surface area contributed by atoms with Crippen LogP contribution in [0.2, 0.25) is 0 Å². The monoisotopic (exact) mass is 316 g/mol. The van der Waals surface area contributed by atoms with Crippen molar-refractivity contribution in [2.75, 3.05) is 5.32 Å². The Hall–Kier alpha value is -2.49. The molecule has 0 radical (unpaired) electrons. The van der Waals surface area contributed by atoms with Crippen LogP contribution < -0.4 is 10.9 Å². The molecule has 1 aromatic heterocycles. The number of rotatable bonds is 2. The highest BCUT2D eigenvalue weighted by Gasteiger charge is 2.39. The van der Waals surface area contributed by atoms with Gasteiger partial charge in [-0.1, -0.05) is 18.2 Å². The van der Waals surface area contributed by atoms with Crippen LogP contribution in [0, 0.1) is 4.77 Å². The Morgan fingerprint density at radius 3 is 2.57 bits per heavy atom. The first-order valence-electron chi connectivity index (χ1n) is 5.45. The van der Waals surface area contributed by atoms with Crippen LogP contribution in [-0.2, 0) is 4.79 Å². The summed E-state index contributed by atoms with van der Waals surface area (Å²) in [5, 5.41) is 7.69. The molecule has 0 saturated carbocycles. The first-order chi connectivity index (χ1) is 9.79. The number of benzene rings is 1. The molecule has 0 unspecified atom stereocenters. The van der Waals surface area contributed by atoms with Crippen molar-refractivity contribution in [2.24, 2.45) is 0 Å². The molecule has 21 heavy (non-hydrogen) atoms. The second-order valence-electron chi connectivity index (χ2n) is 3.85. The zero-order valence-corrected chi connectivity index (χ0v) is 10.9. The third-order valence-electron chi connectivity index (χ3n) is 2.40. The maximum Gasteiger partial charge on any atom is 0.471 e. The highest BCUT2D eigenvalue weighted by atomic mass is 32.1. The summed E-state index contributed by atoms with van der Waals surface area (Å²) in [7, 11) is 0. The zero-order valence-electron chi connectivity index (χ0n) is 10.1. The predicted octanol–water partition coefficient (Wildman–Crippen LogP) is 2.00. The molecular formula is C11H7F3N4O2S. The van der Waals surface area contributed by atoms with Gasteiger partial charge < -0.3 is 5.32 Å². The lowest BCUT2D eigenvalue weighted by molar-refractivity contribution is -0.167. The summed E-state index contributed by atoms with van der Waals surface area (Å²) in [5.41, 5.74) is -1.04. The lowest BCUT2D eigenvalue weighted by Crippen LogP contribution is -2.30. The maximum atomic E-state index is 12.3. The first-order valence-corrected chi connectivity index (χ1v) is 5.86. The lowest BCUT2D eigenvalue weighted by Gasteiger charge is -2.11. The van der Waals surface area contributed by atoms with Crippen molar-refractivity contribution in [1.82, 2.24) is 15.2 Å². The summed E-state index contributed by atoms with van der Waals surface area (Å²) in [6, 6.07) is 5.47. The number of nitrogens with one attached hydrogen (secondary N) is 3. The molecule has 2 rings (SSSR count). The lowest BCUT2D eigenvalue weighted by atomic mass is 10.1. The van der Waals surface area contributed by atoms with Crippen molar-refractivity contribution >= 4 is 23.8 Å². The highest BCUT2D eigenvalue weighted by molar-refractivity contribution is 7.71. The molecule has 1 heterocycles. The van der Waals surface area contributed by atoms with Gasteiger partial charge in [-0.25, -0.2) is 0 Å². The van der Waals surface area contributed by atoms with Crippen LogP contribution in [0.4, 0.5) is 18.9 Å². The number of H-pyrrole nitrogens is 2. The van der Waals surface area contributed by atoms with Crippen LogP contribution in [0.5, 0.6) is 0 Å². The Morgan fingerprint density at radius 2 is 1.95 bits per heavy atom. The number of para-hydroxylation sites is 1. The van der Waals surface area contributed by atoms with Crippen molar-refractivity contribution in [2.45, 2.75) is 6.18 Å². The van der Waals surface area contributed by atoms with Gasteiger partial charge in [0, 0.05) is 5.56 Å². The molecule has 0 aliphatic rings. The summed E-state index contributed by atoms with van der Waals surface area (Å²) in [6.07, 6.45) is -5.04. The molecule has 2 aromatic rings. The van der Waals surface area contributed by atoms with Gasteiger partial charge in [0.1, 0.15) is 0 Å². The number of anilines is 1. The van der Waals surface area contributed by atoms with E-state index in [4.69, 9.17) is 0 Å². The third-order valence-corrected chi connectivity index (χ3v) is 2.59. The smallest absolute Gasteiger partial charge is 0.318 e. The van der Waals surface area contributed by atoms with E-state index in [0.717, 1.165) is 0 Å². The Kier molecular flexibility index (Phi) is 3.89. The number of carbonyl (C=O) groups is 1. The first kappa shape index (κ1) is 14.9. The second-order valence-corrected chi connectivity index (χ2v) is 4.26. The Bertz CT molecular complexity index is 797. The van der Waals surface area contributed by atoms with Crippen molar-refractivity contribution in [3.63, 3.8) is 0 Å². The number of alkyl halides is 3. The number of halogens is 3. The van der Waals surface area contributed by atoms with Crippen molar-refractivity contribution in [1.29, 1.82) is 0 Å². The van der Waals surface area contributed by atoms with Gasteiger partial charge in [0.15, 0.2) is 10.5 Å². The zero-order chi connectivity index (χ0) is 15.6. The number of carbonyl (C=O) groups excluding carboxylic acids is 1. The molecular weight excluding hydrogens is 309 g/mol. The molecule has 0 aliphatic heterocycles. The predicted molar refractivity (Wildman–Crippen MR) is 70.2 cm³/mol. The Labute approximate surface area is 120 Å². The normalized spacial score (nSPS) is 11.2. The molecule has 6 nitrogen and oxygen atoms in total. The van der Waals surface area contributed by atoms with Crippen LogP contribution in [0.25, 0.3) is 11.3 Å². The number of aromatic amines is 2. The fourth-order valence-corrected chi connectivity index (χ4v) is 1.66. The SMILES string of the molecule is O=C(Nc1ccccc1-c1n[nH]c(=S)[nH]c1=O)C(F)(F)F. The molecule has 0 aliphatic carbocycles. The van der Waals surface area contributed by atoms with Gasteiger partial charge in [-0.15, -0.1) is 0 Å². The topological polar surface area (TPSA) is 90.6 Å². The van der Waals surface area contributed by atoms with E-state index in [9.17, 15) is 22.8 Å². The van der Waals surface area contributed by atoms with E-state index in [0.29, 0.717) is 0 Å². The van der Waals surface area contributed by atoms with Gasteiger partial charge in [-0.3, -0.25) is 19.7 Å². The molecule has 0 bridgehead atoms. The van der Waals surface area contributed by atoms with E-state index in [-0.39, 0.29) is 21.7 Å². The van der Waals surface area contributed by atoms with Crippen LogP contribution in [0.15, 0.2) is 29.1 Å². The van der Waals surface area contributed by atoms with Crippen molar-refractivity contribution < 1.29 is 18.0 Å². The quantitative estimate of drug-likeness (QED) is 0.739. The number of nitrogens with zero attached hydrogens (tertiary/aromatic N) is 1. The molecule has 1 aromatic carbocycles. The summed E-state index contributed by atoms with van der Waals surface area (Å²) < 4.78 is 36.8. The van der Waals surface area contributed by atoms with E-state index < -0.39 is 17.6 Å². The average Bonchev–Trinajstić information content (AvgIpc) is 2.39. The van der Waals surface area contributed by atoms with Crippen LogP contribution in [0.1, 0.15) is 0 Å². The minimum absolute atomic E-state index is 0.0273. The highest BCUT2D eigenvalue weighted by Crippen LogP contribution is 2.25. The number of hydrogen-bond acceptors (Lipinski definition) is 4. The fourth-order valence-electron chi connectivity index (χ4n) is 1.52. The van der Waals surface area contributed by atoms with E-state index in [2.05, 4.69) is 27.4 Å². The van der Waals surface area contributed by atoms with Gasteiger partial charge >= 0.3 is 12.1 Å². The van der Waals surface area contributed by atoms with E-state index >= 15 is 0 Å². The molecule has 0 atom stereocenters. The summed E-state index contributed by atoms with van der Waals surface area (Å²) in [4.78, 5) is 25.0. The second kappa shape index (κ2) is 5.48. The van der Waals surface area contributed by atoms with E-state index in [1.54, 1.807) is 5.32 Å². The Morgan fingerprint density at radius 1 is 1.29 bits per heavy atom. The van der Waals surface area contributed by atoms with Crippen LogP contribution >= 0.6 is 12.2 Å². The average molecular weight is 316 g/mol. The summed E-state index contributed by atoms with van der Waals surface area (Å²) in [5.74, 6) is -2.14. The molecule has 110 valence electrons. The van der Waals surface area contributed by atoms with Gasteiger partial charge in [0.2, 0.25) is 0 Å². The minimum atomic E-state index is -5.04. The van der Waals surface area contributed by atoms with Crippen LogP contribution in [0.3, 0.4) is 0 Å². The number of aromatic nitrogens is 3. The van der Waals surface area contributed by atoms with E-state index in [1.165, 1.54) is 24.3 Å². The van der Waals surface area contributed by atoms with Gasteiger partial charge in [0.05, 0.1) is 5.69 Å². The van der Waals surface area contributed by atoms with Gasteiger partial charge in [0.25, 0.3) is 5.56 Å². The Balaban J connectivity index is 2.49. The largest absolute Gasteiger partial charge is 0.471 e. The summed E-state index contributed by atoms with van der Waals surface area (Å²) in [6.45, 7) is 0. The molecule has 10 heteroatoms. The maximum absolute atomic E-state index is 12.3. The molecule has 3 N–H and O–H groups in total. The van der Waals surface area contributed by atoms with Gasteiger partial charge in [-0.2, -0.15) is 18.3 Å². The number of amides is 1. The molecule has 0 spiro atoms. The van der Waals surface area contributed by atoms with Crippen molar-refractivity contribution in [3.8, 4) is 11.3 Å². The standard InChI is InChI=1S/C11H7F3N4O2S/c12-11(13,14)9(20)15-6-4-2-1-3-5(6)7-8(19)16-10(21)18-17-7/h1-4H,(H,15,20)(H2,16,18,19,21). The number of hydrogen-bond donors (Lipinski definition) is 3. The minimum Gasteiger partial charge on any atom is -0.318 e. The molecule has 0 fully saturated rings. The fraction of sp³-hybridized carbons (Fsp3) is 0.0909.